The topological polar surface area (TPSA) is 58.6 Å². The summed E-state index contributed by atoms with van der Waals surface area (Å²) in [5.41, 5.74) is 1.27. The largest absolute Gasteiger partial charge is 0.482 e. The van der Waals surface area contributed by atoms with Crippen molar-refractivity contribution >= 4 is 11.6 Å². The van der Waals surface area contributed by atoms with Gasteiger partial charge in [-0.25, -0.2) is 0 Å². The van der Waals surface area contributed by atoms with Gasteiger partial charge in [0.25, 0.3) is 5.91 Å². The number of nitrogens with one attached hydrogen (secondary N) is 1. The Morgan fingerprint density at radius 1 is 1.44 bits per heavy atom. The van der Waals surface area contributed by atoms with E-state index in [2.05, 4.69) is 5.32 Å². The summed E-state index contributed by atoms with van der Waals surface area (Å²) < 4.78 is 5.32. The second-order valence-corrected chi connectivity index (χ2v) is 4.57. The Hall–Kier alpha value is -1.55. The smallest absolute Gasteiger partial charge is 0.262 e. The Morgan fingerprint density at radius 3 is 3.00 bits per heavy atom. The predicted molar refractivity (Wildman–Crippen MR) is 58.5 cm³/mol. The minimum Gasteiger partial charge on any atom is -0.482 e. The van der Waals surface area contributed by atoms with Crippen LogP contribution in [0.25, 0.3) is 0 Å². The Morgan fingerprint density at radius 2 is 2.25 bits per heavy atom. The fourth-order valence-corrected chi connectivity index (χ4v) is 1.93. The van der Waals surface area contributed by atoms with Crippen LogP contribution < -0.4 is 10.1 Å². The fourth-order valence-electron chi connectivity index (χ4n) is 1.93. The van der Waals surface area contributed by atoms with E-state index in [0.29, 0.717) is 17.9 Å². The number of aliphatic hydroxyl groups is 1. The number of hydrogen-bond acceptors (Lipinski definition) is 3. The van der Waals surface area contributed by atoms with Crippen LogP contribution in [0.5, 0.6) is 5.75 Å². The lowest BCUT2D eigenvalue weighted by molar-refractivity contribution is -0.118. The molecule has 0 saturated heterocycles. The zero-order valence-corrected chi connectivity index (χ0v) is 8.82. The number of carbonyl (C=O) groups is 1. The molecule has 16 heavy (non-hydrogen) atoms. The van der Waals surface area contributed by atoms with Crippen molar-refractivity contribution in [3.05, 3.63) is 23.8 Å². The first-order chi connectivity index (χ1) is 7.65. The third-order valence-electron chi connectivity index (χ3n) is 3.04. The lowest BCUT2D eigenvalue weighted by Crippen LogP contribution is -2.25. The van der Waals surface area contributed by atoms with Crippen LogP contribution >= 0.6 is 0 Å². The first-order valence-corrected chi connectivity index (χ1v) is 5.43. The average Bonchev–Trinajstić information content (AvgIpc) is 2.96. The van der Waals surface area contributed by atoms with Crippen LogP contribution in [0.4, 0.5) is 5.69 Å². The van der Waals surface area contributed by atoms with E-state index < -0.39 is 5.60 Å². The summed E-state index contributed by atoms with van der Waals surface area (Å²) in [5, 5.41) is 12.6. The van der Waals surface area contributed by atoms with E-state index >= 15 is 0 Å². The molecular formula is C12H13NO3. The lowest BCUT2D eigenvalue weighted by Gasteiger charge is -2.19. The van der Waals surface area contributed by atoms with Crippen molar-refractivity contribution in [3.8, 4) is 5.75 Å². The van der Waals surface area contributed by atoms with Crippen LogP contribution in [0.15, 0.2) is 18.2 Å². The van der Waals surface area contributed by atoms with Crippen molar-refractivity contribution in [1.29, 1.82) is 0 Å². The van der Waals surface area contributed by atoms with Crippen LogP contribution in [0.1, 0.15) is 18.4 Å². The third-order valence-corrected chi connectivity index (χ3v) is 3.04. The molecule has 4 heteroatoms. The van der Waals surface area contributed by atoms with Gasteiger partial charge in [-0.15, -0.1) is 0 Å². The van der Waals surface area contributed by atoms with Crippen LogP contribution in [0.3, 0.4) is 0 Å². The number of rotatable bonds is 2. The van der Waals surface area contributed by atoms with Crippen molar-refractivity contribution in [2.24, 2.45) is 0 Å². The van der Waals surface area contributed by atoms with Gasteiger partial charge in [-0.05, 0) is 30.5 Å². The minimum absolute atomic E-state index is 0.0702. The van der Waals surface area contributed by atoms with Gasteiger partial charge in [0.15, 0.2) is 6.61 Å². The van der Waals surface area contributed by atoms with Gasteiger partial charge in [-0.2, -0.15) is 0 Å². The lowest BCUT2D eigenvalue weighted by atomic mass is 10.1. The summed E-state index contributed by atoms with van der Waals surface area (Å²) in [4.78, 5) is 11.1. The van der Waals surface area contributed by atoms with Crippen molar-refractivity contribution in [2.75, 3.05) is 11.9 Å². The maximum Gasteiger partial charge on any atom is 0.262 e. The molecule has 0 aromatic heterocycles. The van der Waals surface area contributed by atoms with Crippen molar-refractivity contribution in [2.45, 2.75) is 24.9 Å². The van der Waals surface area contributed by atoms with E-state index in [1.807, 2.05) is 18.2 Å². The van der Waals surface area contributed by atoms with Crippen LogP contribution in [-0.4, -0.2) is 23.2 Å². The van der Waals surface area contributed by atoms with Crippen LogP contribution in [-0.2, 0) is 11.2 Å². The first kappa shape index (κ1) is 9.66. The molecule has 0 spiro atoms. The second kappa shape index (κ2) is 3.22. The maximum absolute atomic E-state index is 11.1. The number of benzene rings is 1. The van der Waals surface area contributed by atoms with E-state index in [1.54, 1.807) is 0 Å². The molecule has 0 atom stereocenters. The molecule has 0 unspecified atom stereocenters. The summed E-state index contributed by atoms with van der Waals surface area (Å²) in [5.74, 6) is 0.572. The highest BCUT2D eigenvalue weighted by atomic mass is 16.5. The third kappa shape index (κ3) is 1.76. The van der Waals surface area contributed by atoms with Gasteiger partial charge in [0.05, 0.1) is 11.3 Å². The van der Waals surface area contributed by atoms with Crippen LogP contribution in [0.2, 0.25) is 0 Å². The fraction of sp³-hybridized carbons (Fsp3) is 0.417. The molecule has 2 N–H and O–H groups in total. The van der Waals surface area contributed by atoms with Gasteiger partial charge >= 0.3 is 0 Å². The first-order valence-electron chi connectivity index (χ1n) is 5.43. The second-order valence-electron chi connectivity index (χ2n) is 4.57. The Labute approximate surface area is 93.2 Å². The zero-order chi connectivity index (χ0) is 11.2. The summed E-state index contributed by atoms with van der Waals surface area (Å²) in [6, 6.07) is 5.64. The SMILES string of the molecule is O=C1COc2cc(CC3(O)CC3)ccc2N1. The van der Waals surface area contributed by atoms with E-state index in [4.69, 9.17) is 4.74 Å². The van der Waals surface area contributed by atoms with Gasteiger partial charge < -0.3 is 15.2 Å². The Bertz CT molecular complexity index is 452. The monoisotopic (exact) mass is 219 g/mol. The van der Waals surface area contributed by atoms with E-state index in [1.165, 1.54) is 0 Å². The van der Waals surface area contributed by atoms with Gasteiger partial charge in [0.1, 0.15) is 5.75 Å². The van der Waals surface area contributed by atoms with Crippen molar-refractivity contribution in [1.82, 2.24) is 0 Å². The normalized spacial score (nSPS) is 20.7. The molecule has 1 aliphatic heterocycles. The molecule has 1 aliphatic carbocycles. The minimum atomic E-state index is -0.494. The molecule has 2 aliphatic rings. The van der Waals surface area contributed by atoms with E-state index in [-0.39, 0.29) is 12.5 Å². The number of ether oxygens (including phenoxy) is 1. The summed E-state index contributed by atoms with van der Waals surface area (Å²) in [7, 11) is 0. The van der Waals surface area contributed by atoms with Crippen LogP contribution in [0, 0.1) is 0 Å². The summed E-state index contributed by atoms with van der Waals surface area (Å²) in [6.45, 7) is 0.0702. The highest BCUT2D eigenvalue weighted by molar-refractivity contribution is 5.95. The molecule has 1 fully saturated rings. The standard InChI is InChI=1S/C12H13NO3/c14-11-7-16-10-5-8(1-2-9(10)13-11)6-12(15)3-4-12/h1-2,5,15H,3-4,6-7H2,(H,13,14). The predicted octanol–water partition coefficient (Wildman–Crippen LogP) is 1.08. The Balaban J connectivity index is 1.84. The van der Waals surface area contributed by atoms with Gasteiger partial charge in [0, 0.05) is 6.42 Å². The number of amides is 1. The molecule has 84 valence electrons. The Kier molecular flexibility index (Phi) is 1.94. The molecule has 1 aromatic carbocycles. The molecule has 1 aromatic rings. The number of fused-ring (bicyclic) bond motifs is 1. The van der Waals surface area contributed by atoms with Gasteiger partial charge in [-0.1, -0.05) is 6.07 Å². The molecule has 4 nitrogen and oxygen atoms in total. The molecule has 0 radical (unpaired) electrons. The summed E-state index contributed by atoms with van der Waals surface area (Å²) >= 11 is 0. The molecule has 0 bridgehead atoms. The molecular weight excluding hydrogens is 206 g/mol. The van der Waals surface area contributed by atoms with Crippen molar-refractivity contribution in [3.63, 3.8) is 0 Å². The molecule has 1 heterocycles. The van der Waals surface area contributed by atoms with Gasteiger partial charge in [0.2, 0.25) is 0 Å². The summed E-state index contributed by atoms with van der Waals surface area (Å²) in [6.07, 6.45) is 2.42. The zero-order valence-electron chi connectivity index (χ0n) is 8.82. The molecule has 1 amide bonds. The quantitative estimate of drug-likeness (QED) is 0.782. The highest BCUT2D eigenvalue weighted by Gasteiger charge is 2.40. The molecule has 1 saturated carbocycles. The average molecular weight is 219 g/mol. The van der Waals surface area contributed by atoms with Gasteiger partial charge in [-0.3, -0.25) is 4.79 Å². The maximum atomic E-state index is 11.1. The van der Waals surface area contributed by atoms with E-state index in [9.17, 15) is 9.90 Å². The van der Waals surface area contributed by atoms with Crippen molar-refractivity contribution < 1.29 is 14.6 Å². The number of anilines is 1. The van der Waals surface area contributed by atoms with E-state index in [0.717, 1.165) is 18.4 Å². The molecule has 3 rings (SSSR count). The number of hydrogen-bond donors (Lipinski definition) is 2. The highest BCUT2D eigenvalue weighted by Crippen LogP contribution is 2.39. The number of carbonyl (C=O) groups excluding carboxylic acids is 1.